The minimum atomic E-state index is 0.328. The molecule has 0 radical (unpaired) electrons. The molecule has 0 aromatic carbocycles. The van der Waals surface area contributed by atoms with Gasteiger partial charge in [-0.3, -0.25) is 4.99 Å². The van der Waals surface area contributed by atoms with E-state index in [0.717, 1.165) is 13.1 Å². The van der Waals surface area contributed by atoms with E-state index in [-0.39, 0.29) is 0 Å². The van der Waals surface area contributed by atoms with E-state index in [2.05, 4.69) is 33.0 Å². The van der Waals surface area contributed by atoms with Gasteiger partial charge in [0.25, 0.3) is 0 Å². The van der Waals surface area contributed by atoms with Gasteiger partial charge in [-0.1, -0.05) is 0 Å². The highest BCUT2D eigenvalue weighted by Gasteiger charge is 2.10. The Morgan fingerprint density at radius 2 is 2.40 bits per heavy atom. The number of hydrogen-bond donors (Lipinski definition) is 0. The largest absolute Gasteiger partial charge is 0.335 e. The second kappa shape index (κ2) is 4.68. The van der Waals surface area contributed by atoms with Crippen molar-refractivity contribution in [3.8, 4) is 0 Å². The molecular weight excluding hydrogens is 188 g/mol. The van der Waals surface area contributed by atoms with Crippen LogP contribution in [0.5, 0.6) is 0 Å². The first kappa shape index (κ1) is 9.83. The van der Waals surface area contributed by atoms with E-state index < -0.39 is 0 Å². The molecule has 0 bridgehead atoms. The van der Waals surface area contributed by atoms with Crippen LogP contribution in [0.1, 0.15) is 6.92 Å². The van der Waals surface area contributed by atoms with Crippen LogP contribution < -0.4 is 0 Å². The number of rotatable bonds is 2. The maximum atomic E-state index is 4.14. The second-order valence-corrected chi connectivity index (χ2v) is 3.60. The molecule has 0 aromatic heterocycles. The summed E-state index contributed by atoms with van der Waals surface area (Å²) in [5, 5.41) is 0. The monoisotopic (exact) mass is 202 g/mol. The van der Waals surface area contributed by atoms with Crippen molar-refractivity contribution in [3.05, 3.63) is 24.0 Å². The standard InChI is InChI=1S/C11H14N4/c1-10(11-5-13-8-14-6-11)7-15-4-2-3-12-9-15/h2-3,5,7-9,11H,4,6H2,1H3/b10-7-. The van der Waals surface area contributed by atoms with Crippen molar-refractivity contribution in [1.29, 1.82) is 0 Å². The van der Waals surface area contributed by atoms with Gasteiger partial charge in [0.15, 0.2) is 0 Å². The average Bonchev–Trinajstić information content (AvgIpc) is 2.31. The maximum absolute atomic E-state index is 4.14. The fourth-order valence-corrected chi connectivity index (χ4v) is 1.50. The van der Waals surface area contributed by atoms with Crippen LogP contribution in [0.15, 0.2) is 39.0 Å². The summed E-state index contributed by atoms with van der Waals surface area (Å²) in [4.78, 5) is 14.3. The highest BCUT2D eigenvalue weighted by Crippen LogP contribution is 2.12. The summed E-state index contributed by atoms with van der Waals surface area (Å²) in [6.07, 6.45) is 11.3. The van der Waals surface area contributed by atoms with Crippen molar-refractivity contribution >= 4 is 18.9 Å². The van der Waals surface area contributed by atoms with Gasteiger partial charge < -0.3 is 4.90 Å². The molecule has 0 spiro atoms. The summed E-state index contributed by atoms with van der Waals surface area (Å²) in [6.45, 7) is 3.78. The van der Waals surface area contributed by atoms with E-state index in [9.17, 15) is 0 Å². The number of hydrogen-bond acceptors (Lipinski definition) is 4. The molecule has 2 rings (SSSR count). The topological polar surface area (TPSA) is 40.3 Å². The molecule has 1 atom stereocenters. The third kappa shape index (κ3) is 2.62. The van der Waals surface area contributed by atoms with Crippen LogP contribution in [0.4, 0.5) is 0 Å². The molecule has 15 heavy (non-hydrogen) atoms. The number of aliphatic imine (C=N–C) groups is 3. The normalized spacial score (nSPS) is 25.0. The first-order valence-corrected chi connectivity index (χ1v) is 5.00. The fraction of sp³-hybridized carbons (Fsp3) is 0.364. The van der Waals surface area contributed by atoms with Crippen molar-refractivity contribution in [1.82, 2.24) is 4.90 Å². The lowest BCUT2D eigenvalue weighted by atomic mass is 10.0. The van der Waals surface area contributed by atoms with E-state index in [0.29, 0.717) is 5.92 Å². The lowest BCUT2D eigenvalue weighted by Crippen LogP contribution is -2.20. The SMILES string of the molecule is C/C(=C/N1C=NC=CC1)C1C=NC=NC1. The zero-order chi connectivity index (χ0) is 10.5. The first-order chi connectivity index (χ1) is 7.36. The molecule has 78 valence electrons. The summed E-state index contributed by atoms with van der Waals surface area (Å²) in [5.41, 5.74) is 1.26. The molecular formula is C11H14N4. The molecule has 0 aliphatic carbocycles. The Hall–Kier alpha value is -1.71. The molecule has 2 aliphatic rings. The highest BCUT2D eigenvalue weighted by atomic mass is 15.1. The van der Waals surface area contributed by atoms with Crippen molar-refractivity contribution in [3.63, 3.8) is 0 Å². The Balaban J connectivity index is 2.00. The van der Waals surface area contributed by atoms with Crippen molar-refractivity contribution in [2.24, 2.45) is 20.9 Å². The van der Waals surface area contributed by atoms with Gasteiger partial charge in [0.05, 0.1) is 12.9 Å². The summed E-state index contributed by atoms with van der Waals surface area (Å²) in [6, 6.07) is 0. The number of nitrogens with zero attached hydrogens (tertiary/aromatic N) is 4. The molecule has 1 unspecified atom stereocenters. The molecule has 2 heterocycles. The lowest BCUT2D eigenvalue weighted by molar-refractivity contribution is 0.615. The van der Waals surface area contributed by atoms with Crippen LogP contribution in [0.25, 0.3) is 0 Å². The van der Waals surface area contributed by atoms with Crippen LogP contribution in [-0.4, -0.2) is 36.9 Å². The Morgan fingerprint density at radius 1 is 1.47 bits per heavy atom. The lowest BCUT2D eigenvalue weighted by Gasteiger charge is -2.18. The zero-order valence-electron chi connectivity index (χ0n) is 8.74. The third-order valence-electron chi connectivity index (χ3n) is 2.39. The Kier molecular flexibility index (Phi) is 3.07. The van der Waals surface area contributed by atoms with Gasteiger partial charge in [-0.05, 0) is 18.6 Å². The molecule has 0 N–H and O–H groups in total. The van der Waals surface area contributed by atoms with Gasteiger partial charge in [0, 0.05) is 31.1 Å². The van der Waals surface area contributed by atoms with E-state index in [1.54, 1.807) is 6.34 Å². The fourth-order valence-electron chi connectivity index (χ4n) is 1.50. The molecule has 0 saturated heterocycles. The molecule has 0 saturated carbocycles. The van der Waals surface area contributed by atoms with Crippen LogP contribution >= 0.6 is 0 Å². The molecule has 0 amide bonds. The smallest absolute Gasteiger partial charge is 0.109 e. The second-order valence-electron chi connectivity index (χ2n) is 3.60. The van der Waals surface area contributed by atoms with Gasteiger partial charge >= 0.3 is 0 Å². The predicted molar refractivity (Wildman–Crippen MR) is 63.4 cm³/mol. The Morgan fingerprint density at radius 3 is 3.07 bits per heavy atom. The first-order valence-electron chi connectivity index (χ1n) is 5.00. The Bertz CT molecular complexity index is 363. The van der Waals surface area contributed by atoms with Gasteiger partial charge in [-0.2, -0.15) is 0 Å². The van der Waals surface area contributed by atoms with E-state index in [4.69, 9.17) is 0 Å². The van der Waals surface area contributed by atoms with Crippen molar-refractivity contribution < 1.29 is 0 Å². The quantitative estimate of drug-likeness (QED) is 0.668. The van der Waals surface area contributed by atoms with E-state index in [1.165, 1.54) is 5.57 Å². The van der Waals surface area contributed by atoms with Gasteiger partial charge in [-0.25, -0.2) is 9.98 Å². The van der Waals surface area contributed by atoms with Gasteiger partial charge in [-0.15, -0.1) is 0 Å². The summed E-state index contributed by atoms with van der Waals surface area (Å²) in [7, 11) is 0. The van der Waals surface area contributed by atoms with Crippen LogP contribution in [0.2, 0.25) is 0 Å². The van der Waals surface area contributed by atoms with Crippen LogP contribution in [0, 0.1) is 5.92 Å². The van der Waals surface area contributed by atoms with E-state index >= 15 is 0 Å². The predicted octanol–water partition coefficient (Wildman–Crippen LogP) is 1.48. The van der Waals surface area contributed by atoms with Crippen molar-refractivity contribution in [2.45, 2.75) is 6.92 Å². The highest BCUT2D eigenvalue weighted by molar-refractivity contribution is 5.78. The summed E-state index contributed by atoms with van der Waals surface area (Å²) in [5.74, 6) is 0.328. The zero-order valence-corrected chi connectivity index (χ0v) is 8.74. The summed E-state index contributed by atoms with van der Waals surface area (Å²) < 4.78 is 0. The van der Waals surface area contributed by atoms with Crippen LogP contribution in [-0.2, 0) is 0 Å². The average molecular weight is 202 g/mol. The van der Waals surface area contributed by atoms with Gasteiger partial charge in [0.1, 0.15) is 6.34 Å². The molecule has 4 heteroatoms. The van der Waals surface area contributed by atoms with E-state index in [1.807, 2.05) is 24.8 Å². The minimum absolute atomic E-state index is 0.328. The Labute approximate surface area is 89.4 Å². The summed E-state index contributed by atoms with van der Waals surface area (Å²) >= 11 is 0. The van der Waals surface area contributed by atoms with Gasteiger partial charge in [0.2, 0.25) is 0 Å². The molecule has 2 aliphatic heterocycles. The van der Waals surface area contributed by atoms with Crippen LogP contribution in [0.3, 0.4) is 0 Å². The van der Waals surface area contributed by atoms with Crippen molar-refractivity contribution in [2.75, 3.05) is 13.1 Å². The third-order valence-corrected chi connectivity index (χ3v) is 2.39. The maximum Gasteiger partial charge on any atom is 0.109 e. The molecule has 4 nitrogen and oxygen atoms in total. The minimum Gasteiger partial charge on any atom is -0.335 e. The molecule has 0 fully saturated rings. The molecule has 0 aromatic rings.